The van der Waals surface area contributed by atoms with Gasteiger partial charge in [-0.25, -0.2) is 4.79 Å². The quantitative estimate of drug-likeness (QED) is 0.707. The van der Waals surface area contributed by atoms with Crippen molar-refractivity contribution in [2.75, 3.05) is 19.7 Å². The van der Waals surface area contributed by atoms with Gasteiger partial charge in [0.25, 0.3) is 0 Å². The topological polar surface area (TPSA) is 70.6 Å². The minimum Gasteiger partial charge on any atom is -0.492 e. The summed E-state index contributed by atoms with van der Waals surface area (Å²) in [4.78, 5) is 11.9. The maximum absolute atomic E-state index is 11.9. The highest BCUT2D eigenvalue weighted by atomic mass is 16.5. The zero-order valence-electron chi connectivity index (χ0n) is 14.2. The van der Waals surface area contributed by atoms with Crippen molar-refractivity contribution >= 4 is 6.03 Å². The predicted molar refractivity (Wildman–Crippen MR) is 96.8 cm³/mol. The molecule has 0 spiro atoms. The lowest BCUT2D eigenvalue weighted by molar-refractivity contribution is 0.0291. The maximum atomic E-state index is 11.9. The Kier molecular flexibility index (Phi) is 5.56. The van der Waals surface area contributed by atoms with E-state index in [1.54, 1.807) is 0 Å². The molecule has 132 valence electrons. The van der Waals surface area contributed by atoms with Crippen LogP contribution < -0.4 is 15.4 Å². The molecule has 0 aromatic heterocycles. The molecular formula is C20H24N2O3. The van der Waals surface area contributed by atoms with Crippen molar-refractivity contribution in [3.05, 3.63) is 65.7 Å². The number of para-hydroxylation sites is 1. The van der Waals surface area contributed by atoms with Crippen LogP contribution in [0.4, 0.5) is 4.79 Å². The molecule has 0 aliphatic heterocycles. The molecule has 5 heteroatoms. The Morgan fingerprint density at radius 3 is 2.56 bits per heavy atom. The molecule has 0 fully saturated rings. The molecule has 0 heterocycles. The minimum absolute atomic E-state index is 0.243. The average molecular weight is 340 g/mol. The van der Waals surface area contributed by atoms with E-state index >= 15 is 0 Å². The number of amides is 2. The number of ether oxygens (including phenoxy) is 1. The molecule has 0 bridgehead atoms. The molecule has 2 aromatic carbocycles. The maximum Gasteiger partial charge on any atom is 0.315 e. The number of aryl methyl sites for hydroxylation is 1. The fourth-order valence-electron chi connectivity index (χ4n) is 3.09. The average Bonchev–Trinajstić information content (AvgIpc) is 2.64. The Labute approximate surface area is 148 Å². The van der Waals surface area contributed by atoms with Gasteiger partial charge in [-0.3, -0.25) is 0 Å². The Morgan fingerprint density at radius 1 is 1.04 bits per heavy atom. The molecule has 3 N–H and O–H groups in total. The number of carbonyl (C=O) groups excluding carboxylic acids is 1. The summed E-state index contributed by atoms with van der Waals surface area (Å²) in [7, 11) is 0. The van der Waals surface area contributed by atoms with Crippen molar-refractivity contribution in [1.29, 1.82) is 0 Å². The van der Waals surface area contributed by atoms with E-state index in [2.05, 4.69) is 16.7 Å². The van der Waals surface area contributed by atoms with Gasteiger partial charge in [0.2, 0.25) is 0 Å². The minimum atomic E-state index is -0.883. The van der Waals surface area contributed by atoms with Crippen molar-refractivity contribution in [3.63, 3.8) is 0 Å². The molecule has 0 saturated carbocycles. The third kappa shape index (κ3) is 4.97. The van der Waals surface area contributed by atoms with Gasteiger partial charge in [0, 0.05) is 13.0 Å². The molecular weight excluding hydrogens is 316 g/mol. The van der Waals surface area contributed by atoms with E-state index in [1.807, 2.05) is 48.5 Å². The summed E-state index contributed by atoms with van der Waals surface area (Å²) in [5, 5.41) is 16.2. The molecule has 1 aliphatic rings. The summed E-state index contributed by atoms with van der Waals surface area (Å²) < 4.78 is 5.52. The molecule has 1 aliphatic carbocycles. The van der Waals surface area contributed by atoms with Crippen LogP contribution in [0.5, 0.6) is 5.75 Å². The van der Waals surface area contributed by atoms with Crippen LogP contribution >= 0.6 is 0 Å². The summed E-state index contributed by atoms with van der Waals surface area (Å²) in [6.07, 6.45) is 2.06. The Morgan fingerprint density at radius 2 is 1.76 bits per heavy atom. The lowest BCUT2D eigenvalue weighted by Gasteiger charge is -2.33. The monoisotopic (exact) mass is 340 g/mol. The molecule has 3 rings (SSSR count). The van der Waals surface area contributed by atoms with Gasteiger partial charge in [-0.1, -0.05) is 42.5 Å². The summed E-state index contributed by atoms with van der Waals surface area (Å²) >= 11 is 0. The zero-order chi connectivity index (χ0) is 17.5. The number of rotatable bonds is 6. The largest absolute Gasteiger partial charge is 0.492 e. The summed E-state index contributed by atoms with van der Waals surface area (Å²) in [5.74, 6) is 0.778. The summed E-state index contributed by atoms with van der Waals surface area (Å²) in [6, 6.07) is 17.3. The van der Waals surface area contributed by atoms with E-state index in [0.29, 0.717) is 26.0 Å². The first-order valence-corrected chi connectivity index (χ1v) is 8.63. The second-order valence-corrected chi connectivity index (χ2v) is 6.44. The SMILES string of the molecule is O=C(NCCOc1ccccc1)NCC1(O)CCc2ccccc2C1. The van der Waals surface area contributed by atoms with Gasteiger partial charge in [0.05, 0.1) is 12.1 Å². The third-order valence-corrected chi connectivity index (χ3v) is 4.48. The number of hydrogen-bond acceptors (Lipinski definition) is 3. The first-order valence-electron chi connectivity index (χ1n) is 8.63. The van der Waals surface area contributed by atoms with E-state index in [9.17, 15) is 9.90 Å². The van der Waals surface area contributed by atoms with E-state index in [-0.39, 0.29) is 12.6 Å². The van der Waals surface area contributed by atoms with Crippen molar-refractivity contribution in [2.24, 2.45) is 0 Å². The Hall–Kier alpha value is -2.53. The Bertz CT molecular complexity index is 705. The van der Waals surface area contributed by atoms with Gasteiger partial charge in [-0.15, -0.1) is 0 Å². The Balaban J connectivity index is 1.37. The number of fused-ring (bicyclic) bond motifs is 1. The molecule has 0 saturated heterocycles. The van der Waals surface area contributed by atoms with E-state index in [1.165, 1.54) is 5.56 Å². The molecule has 0 radical (unpaired) electrons. The molecule has 1 atom stereocenters. The van der Waals surface area contributed by atoms with Gasteiger partial charge < -0.3 is 20.5 Å². The van der Waals surface area contributed by atoms with E-state index in [4.69, 9.17) is 4.74 Å². The van der Waals surface area contributed by atoms with E-state index < -0.39 is 5.60 Å². The van der Waals surface area contributed by atoms with Crippen LogP contribution in [0.15, 0.2) is 54.6 Å². The van der Waals surface area contributed by atoms with Gasteiger partial charge in [0.1, 0.15) is 12.4 Å². The van der Waals surface area contributed by atoms with Crippen molar-refractivity contribution in [1.82, 2.24) is 10.6 Å². The van der Waals surface area contributed by atoms with E-state index in [0.717, 1.165) is 17.7 Å². The van der Waals surface area contributed by atoms with Crippen LogP contribution in [-0.4, -0.2) is 36.4 Å². The molecule has 2 aromatic rings. The van der Waals surface area contributed by atoms with Gasteiger partial charge in [-0.2, -0.15) is 0 Å². The summed E-state index contributed by atoms with van der Waals surface area (Å²) in [5.41, 5.74) is 1.57. The number of nitrogens with one attached hydrogen (secondary N) is 2. The second kappa shape index (κ2) is 8.03. The van der Waals surface area contributed by atoms with Crippen molar-refractivity contribution < 1.29 is 14.6 Å². The molecule has 5 nitrogen and oxygen atoms in total. The lowest BCUT2D eigenvalue weighted by Crippen LogP contribution is -2.49. The van der Waals surface area contributed by atoms with Crippen LogP contribution in [0, 0.1) is 0 Å². The lowest BCUT2D eigenvalue weighted by atomic mass is 9.80. The second-order valence-electron chi connectivity index (χ2n) is 6.44. The predicted octanol–water partition coefficient (Wildman–Crippen LogP) is 2.28. The fourth-order valence-corrected chi connectivity index (χ4v) is 3.09. The van der Waals surface area contributed by atoms with Crippen LogP contribution in [0.1, 0.15) is 17.5 Å². The summed E-state index contributed by atoms with van der Waals surface area (Å²) in [6.45, 7) is 1.05. The van der Waals surface area contributed by atoms with Gasteiger partial charge in [0.15, 0.2) is 0 Å². The highest BCUT2D eigenvalue weighted by Gasteiger charge is 2.32. The smallest absolute Gasteiger partial charge is 0.315 e. The number of carbonyl (C=O) groups is 1. The first-order chi connectivity index (χ1) is 12.1. The van der Waals surface area contributed by atoms with Gasteiger partial charge in [-0.05, 0) is 36.1 Å². The third-order valence-electron chi connectivity index (χ3n) is 4.48. The van der Waals surface area contributed by atoms with Crippen LogP contribution in [-0.2, 0) is 12.8 Å². The van der Waals surface area contributed by atoms with Crippen LogP contribution in [0.2, 0.25) is 0 Å². The standard InChI is InChI=1S/C20H24N2O3/c23-19(21-12-13-25-18-8-2-1-3-9-18)22-15-20(24)11-10-16-6-4-5-7-17(16)14-20/h1-9,24H,10-15H2,(H2,21,22,23). The number of urea groups is 1. The molecule has 2 amide bonds. The van der Waals surface area contributed by atoms with Crippen LogP contribution in [0.25, 0.3) is 0 Å². The van der Waals surface area contributed by atoms with Crippen molar-refractivity contribution in [3.8, 4) is 5.75 Å². The van der Waals surface area contributed by atoms with Crippen LogP contribution in [0.3, 0.4) is 0 Å². The number of hydrogen-bond donors (Lipinski definition) is 3. The molecule has 1 unspecified atom stereocenters. The normalized spacial score (nSPS) is 18.9. The number of benzene rings is 2. The highest BCUT2D eigenvalue weighted by Crippen LogP contribution is 2.28. The fraction of sp³-hybridized carbons (Fsp3) is 0.350. The highest BCUT2D eigenvalue weighted by molar-refractivity contribution is 5.73. The van der Waals surface area contributed by atoms with Crippen molar-refractivity contribution in [2.45, 2.75) is 24.9 Å². The number of aliphatic hydroxyl groups is 1. The first kappa shape index (κ1) is 17.3. The zero-order valence-corrected chi connectivity index (χ0v) is 14.2. The molecule has 25 heavy (non-hydrogen) atoms. The van der Waals surface area contributed by atoms with Gasteiger partial charge >= 0.3 is 6.03 Å².